The molecule has 2 aromatic rings. The summed E-state index contributed by atoms with van der Waals surface area (Å²) in [5, 5.41) is 6.69. The van der Waals surface area contributed by atoms with Gasteiger partial charge in [-0.05, 0) is 35.7 Å². The van der Waals surface area contributed by atoms with Crippen LogP contribution in [0.25, 0.3) is 10.8 Å². The number of benzene rings is 2. The maximum absolute atomic E-state index is 12.5. The second-order valence-corrected chi connectivity index (χ2v) is 6.15. The first-order chi connectivity index (χ1) is 13.4. The molecule has 28 heavy (non-hydrogen) atoms. The van der Waals surface area contributed by atoms with Crippen molar-refractivity contribution >= 4 is 34.5 Å². The molecule has 0 aromatic heterocycles. The number of amides is 3. The fourth-order valence-electron chi connectivity index (χ4n) is 2.63. The van der Waals surface area contributed by atoms with E-state index in [9.17, 15) is 14.4 Å². The van der Waals surface area contributed by atoms with Gasteiger partial charge in [0.2, 0.25) is 11.8 Å². The second kappa shape index (κ2) is 10.0. The highest BCUT2D eigenvalue weighted by atomic mass is 16.2. The Morgan fingerprint density at radius 3 is 2.43 bits per heavy atom. The summed E-state index contributed by atoms with van der Waals surface area (Å²) in [6.45, 7) is 0.0273. The highest BCUT2D eigenvalue weighted by Gasteiger charge is 2.22. The standard InChI is InChI=1S/C19H24N6O3/c20-11-16(26)24-15(6-3-9-23-19(21)22)18(28)25-17(27)14-8-7-12-4-1-2-5-13(12)10-14/h1-2,4-5,7-8,10,15H,3,6,9,11,20H2,(H,24,26)(H4,21,22,23)(H,25,27,28)/t15-/m0/s1. The van der Waals surface area contributed by atoms with E-state index in [1.807, 2.05) is 24.3 Å². The minimum Gasteiger partial charge on any atom is -0.370 e. The predicted molar refractivity (Wildman–Crippen MR) is 107 cm³/mol. The van der Waals surface area contributed by atoms with Crippen LogP contribution in [0.15, 0.2) is 47.5 Å². The summed E-state index contributed by atoms with van der Waals surface area (Å²) in [5.41, 5.74) is 16.2. The number of nitrogens with one attached hydrogen (secondary N) is 2. The number of carbonyl (C=O) groups excluding carboxylic acids is 3. The summed E-state index contributed by atoms with van der Waals surface area (Å²) in [6.07, 6.45) is 0.685. The smallest absolute Gasteiger partial charge is 0.257 e. The van der Waals surface area contributed by atoms with E-state index in [1.54, 1.807) is 18.2 Å². The zero-order valence-electron chi connectivity index (χ0n) is 15.4. The first-order valence-electron chi connectivity index (χ1n) is 8.79. The summed E-state index contributed by atoms with van der Waals surface area (Å²) in [7, 11) is 0. The number of fused-ring (bicyclic) bond motifs is 1. The molecule has 0 unspecified atom stereocenters. The Kier molecular flexibility index (Phi) is 7.46. The Bertz CT molecular complexity index is 892. The van der Waals surface area contributed by atoms with E-state index in [-0.39, 0.29) is 18.9 Å². The second-order valence-electron chi connectivity index (χ2n) is 6.15. The number of hydrogen-bond donors (Lipinski definition) is 5. The lowest BCUT2D eigenvalue weighted by Gasteiger charge is -2.17. The van der Waals surface area contributed by atoms with Crippen molar-refractivity contribution < 1.29 is 14.4 Å². The molecule has 3 amide bonds. The minimum absolute atomic E-state index is 0.0570. The fourth-order valence-corrected chi connectivity index (χ4v) is 2.63. The Labute approximate surface area is 162 Å². The third kappa shape index (κ3) is 6.06. The van der Waals surface area contributed by atoms with E-state index < -0.39 is 23.8 Å². The van der Waals surface area contributed by atoms with Crippen LogP contribution >= 0.6 is 0 Å². The van der Waals surface area contributed by atoms with E-state index in [0.29, 0.717) is 18.5 Å². The van der Waals surface area contributed by atoms with E-state index in [1.165, 1.54) is 0 Å². The summed E-state index contributed by atoms with van der Waals surface area (Å²) < 4.78 is 0. The van der Waals surface area contributed by atoms with Crippen molar-refractivity contribution in [2.24, 2.45) is 22.2 Å². The van der Waals surface area contributed by atoms with Gasteiger partial charge < -0.3 is 22.5 Å². The van der Waals surface area contributed by atoms with Crippen LogP contribution in [0.3, 0.4) is 0 Å². The monoisotopic (exact) mass is 384 g/mol. The number of hydrogen-bond acceptors (Lipinski definition) is 5. The molecule has 2 aromatic carbocycles. The van der Waals surface area contributed by atoms with Crippen LogP contribution in [0.2, 0.25) is 0 Å². The summed E-state index contributed by atoms with van der Waals surface area (Å²) >= 11 is 0. The molecule has 9 heteroatoms. The molecule has 0 saturated heterocycles. The Balaban J connectivity index is 2.05. The number of carbonyl (C=O) groups is 3. The SMILES string of the molecule is NCC(=O)N[C@@H](CCCN=C(N)N)C(=O)NC(=O)c1ccc2ccccc2c1. The van der Waals surface area contributed by atoms with Gasteiger partial charge in [0.15, 0.2) is 5.96 Å². The molecule has 0 saturated carbocycles. The molecule has 148 valence electrons. The third-order valence-corrected chi connectivity index (χ3v) is 4.03. The number of nitrogens with two attached hydrogens (primary N) is 3. The van der Waals surface area contributed by atoms with Crippen LogP contribution in [0.4, 0.5) is 0 Å². The van der Waals surface area contributed by atoms with Crippen molar-refractivity contribution in [1.29, 1.82) is 0 Å². The molecule has 8 N–H and O–H groups in total. The lowest BCUT2D eigenvalue weighted by atomic mass is 10.1. The van der Waals surface area contributed by atoms with Crippen molar-refractivity contribution in [3.05, 3.63) is 48.0 Å². The van der Waals surface area contributed by atoms with E-state index >= 15 is 0 Å². The molecule has 0 bridgehead atoms. The lowest BCUT2D eigenvalue weighted by molar-refractivity contribution is -0.128. The Hall–Kier alpha value is -3.46. The number of aliphatic imine (C=N–C) groups is 1. The predicted octanol–water partition coefficient (Wildman–Crippen LogP) is -0.407. The summed E-state index contributed by atoms with van der Waals surface area (Å²) in [6, 6.07) is 11.8. The number of guanidine groups is 1. The van der Waals surface area contributed by atoms with Crippen LogP contribution in [-0.2, 0) is 9.59 Å². The molecule has 0 aliphatic rings. The van der Waals surface area contributed by atoms with Crippen LogP contribution in [0.5, 0.6) is 0 Å². The molecule has 0 fully saturated rings. The van der Waals surface area contributed by atoms with Crippen molar-refractivity contribution in [3.63, 3.8) is 0 Å². The molecular formula is C19H24N6O3. The van der Waals surface area contributed by atoms with Crippen LogP contribution in [0.1, 0.15) is 23.2 Å². The summed E-state index contributed by atoms with van der Waals surface area (Å²) in [5.74, 6) is -1.73. The maximum atomic E-state index is 12.5. The quantitative estimate of drug-likeness (QED) is 0.236. The fraction of sp³-hybridized carbons (Fsp3) is 0.263. The van der Waals surface area contributed by atoms with E-state index in [0.717, 1.165) is 10.8 Å². The molecule has 0 heterocycles. The van der Waals surface area contributed by atoms with Gasteiger partial charge in [0.1, 0.15) is 6.04 Å². The van der Waals surface area contributed by atoms with Gasteiger partial charge in [0.05, 0.1) is 6.54 Å². The normalized spacial score (nSPS) is 11.5. The van der Waals surface area contributed by atoms with Gasteiger partial charge in [0, 0.05) is 12.1 Å². The highest BCUT2D eigenvalue weighted by Crippen LogP contribution is 2.15. The van der Waals surface area contributed by atoms with Gasteiger partial charge in [-0.15, -0.1) is 0 Å². The van der Waals surface area contributed by atoms with Crippen molar-refractivity contribution in [3.8, 4) is 0 Å². The average Bonchev–Trinajstić information content (AvgIpc) is 2.69. The molecule has 0 radical (unpaired) electrons. The topological polar surface area (TPSA) is 166 Å². The molecule has 1 atom stereocenters. The Morgan fingerprint density at radius 2 is 1.75 bits per heavy atom. The zero-order valence-corrected chi connectivity index (χ0v) is 15.4. The number of imide groups is 1. The zero-order chi connectivity index (χ0) is 20.5. The Morgan fingerprint density at radius 1 is 1.04 bits per heavy atom. The van der Waals surface area contributed by atoms with Crippen LogP contribution in [-0.4, -0.2) is 42.8 Å². The van der Waals surface area contributed by atoms with E-state index in [2.05, 4.69) is 15.6 Å². The maximum Gasteiger partial charge on any atom is 0.257 e. The van der Waals surface area contributed by atoms with Crippen molar-refractivity contribution in [2.45, 2.75) is 18.9 Å². The molecule has 0 aliphatic heterocycles. The largest absolute Gasteiger partial charge is 0.370 e. The first-order valence-corrected chi connectivity index (χ1v) is 8.79. The van der Waals surface area contributed by atoms with Crippen molar-refractivity contribution in [2.75, 3.05) is 13.1 Å². The van der Waals surface area contributed by atoms with Gasteiger partial charge in [-0.25, -0.2) is 0 Å². The minimum atomic E-state index is -0.922. The van der Waals surface area contributed by atoms with Gasteiger partial charge in [0.25, 0.3) is 5.91 Å². The lowest BCUT2D eigenvalue weighted by Crippen LogP contribution is -2.49. The summed E-state index contributed by atoms with van der Waals surface area (Å²) in [4.78, 5) is 40.4. The third-order valence-electron chi connectivity index (χ3n) is 4.03. The van der Waals surface area contributed by atoms with Gasteiger partial charge in [-0.2, -0.15) is 0 Å². The van der Waals surface area contributed by atoms with Gasteiger partial charge in [-0.1, -0.05) is 30.3 Å². The molecule has 0 spiro atoms. The van der Waals surface area contributed by atoms with Crippen molar-refractivity contribution in [1.82, 2.24) is 10.6 Å². The van der Waals surface area contributed by atoms with Gasteiger partial charge in [-0.3, -0.25) is 24.7 Å². The number of nitrogens with zero attached hydrogens (tertiary/aromatic N) is 1. The molecular weight excluding hydrogens is 360 g/mol. The molecule has 9 nitrogen and oxygen atoms in total. The van der Waals surface area contributed by atoms with Crippen LogP contribution in [0, 0.1) is 0 Å². The molecule has 0 aliphatic carbocycles. The highest BCUT2D eigenvalue weighted by molar-refractivity contribution is 6.08. The van der Waals surface area contributed by atoms with Gasteiger partial charge >= 0.3 is 0 Å². The van der Waals surface area contributed by atoms with E-state index in [4.69, 9.17) is 17.2 Å². The molecule has 2 rings (SSSR count). The van der Waals surface area contributed by atoms with Crippen LogP contribution < -0.4 is 27.8 Å². The first kappa shape index (κ1) is 20.8. The number of rotatable bonds is 8. The average molecular weight is 384 g/mol.